The van der Waals surface area contributed by atoms with E-state index in [1.807, 2.05) is 12.1 Å². The molecule has 4 aromatic carbocycles. The van der Waals surface area contributed by atoms with Gasteiger partial charge in [0.25, 0.3) is 0 Å². The Morgan fingerprint density at radius 3 is 2.12 bits per heavy atom. The highest BCUT2D eigenvalue weighted by Gasteiger charge is 2.23. The quantitative estimate of drug-likeness (QED) is 0.185. The molecule has 1 aliphatic carbocycles. The van der Waals surface area contributed by atoms with E-state index in [4.69, 9.17) is 18.9 Å². The lowest BCUT2D eigenvalue weighted by atomic mass is 9.96. The minimum atomic E-state index is 0.479. The highest BCUT2D eigenvalue weighted by molar-refractivity contribution is 5.55. The van der Waals surface area contributed by atoms with Crippen molar-refractivity contribution in [1.29, 1.82) is 0 Å². The number of nitrogens with one attached hydrogen (secondary N) is 1. The molecule has 248 valence electrons. The number of para-hydroxylation sites is 1. The molecule has 0 spiro atoms. The third-order valence-electron chi connectivity index (χ3n) is 9.80. The van der Waals surface area contributed by atoms with Gasteiger partial charge in [0.1, 0.15) is 30.7 Å². The summed E-state index contributed by atoms with van der Waals surface area (Å²) in [6, 6.07) is 30.1. The fourth-order valence-corrected chi connectivity index (χ4v) is 7.10. The molecule has 1 atom stereocenters. The molecule has 8 heteroatoms. The fraction of sp³-hybridized carbons (Fsp3) is 0.350. The summed E-state index contributed by atoms with van der Waals surface area (Å²) in [5, 5.41) is 3.44. The molecule has 0 bridgehead atoms. The van der Waals surface area contributed by atoms with Crippen LogP contribution in [0.3, 0.4) is 0 Å². The molecule has 8 nitrogen and oxygen atoms in total. The minimum Gasteiger partial charge on any atom is -0.478 e. The summed E-state index contributed by atoms with van der Waals surface area (Å²) in [4.78, 5) is 6.96. The number of nitrogens with zero attached hydrogens (tertiary/aromatic N) is 3. The normalized spacial score (nSPS) is 19.1. The predicted molar refractivity (Wildman–Crippen MR) is 188 cm³/mol. The second kappa shape index (κ2) is 13.8. The number of benzene rings is 4. The maximum Gasteiger partial charge on any atom is 0.161 e. The number of ether oxygens (including phenoxy) is 4. The highest BCUT2D eigenvalue weighted by Crippen LogP contribution is 2.34. The van der Waals surface area contributed by atoms with Gasteiger partial charge in [-0.05, 0) is 78.9 Å². The standard InChI is InChI=1S/C40H44N4O4/c1-29-6-2-4-8-37(29)45-25-41-35-14-16-39-33(18-35)22-42(26-46-39)20-30-10-12-31(13-11-30)21-43-23-34-19-36(15-17-40(34)47-27-43)44-24-32-7-3-5-9-38(32)48-28-44/h3,5,7-19,29,41H,2,4,6,20-28H2,1H3. The molecule has 4 aromatic rings. The van der Waals surface area contributed by atoms with Crippen molar-refractivity contribution >= 4 is 11.4 Å². The number of hydrogen-bond acceptors (Lipinski definition) is 8. The summed E-state index contributed by atoms with van der Waals surface area (Å²) in [5.74, 6) is 4.53. The Labute approximate surface area is 283 Å². The largest absolute Gasteiger partial charge is 0.478 e. The highest BCUT2D eigenvalue weighted by atomic mass is 16.5. The number of rotatable bonds is 9. The Kier molecular flexibility index (Phi) is 8.83. The lowest BCUT2D eigenvalue weighted by Crippen LogP contribution is -2.33. The molecule has 0 saturated heterocycles. The lowest BCUT2D eigenvalue weighted by molar-refractivity contribution is 0.0878. The van der Waals surface area contributed by atoms with Crippen molar-refractivity contribution in [3.8, 4) is 17.2 Å². The summed E-state index contributed by atoms with van der Waals surface area (Å²) in [6.45, 7) is 8.64. The first-order valence-corrected chi connectivity index (χ1v) is 17.2. The van der Waals surface area contributed by atoms with Crippen molar-refractivity contribution < 1.29 is 18.9 Å². The van der Waals surface area contributed by atoms with Crippen LogP contribution in [0, 0.1) is 5.92 Å². The topological polar surface area (TPSA) is 58.7 Å². The molecule has 48 heavy (non-hydrogen) atoms. The van der Waals surface area contributed by atoms with Crippen LogP contribution in [0.1, 0.15) is 54.0 Å². The van der Waals surface area contributed by atoms with Crippen molar-refractivity contribution in [3.05, 3.63) is 125 Å². The zero-order chi connectivity index (χ0) is 32.3. The van der Waals surface area contributed by atoms with Crippen molar-refractivity contribution in [3.63, 3.8) is 0 Å². The third-order valence-corrected chi connectivity index (χ3v) is 9.80. The van der Waals surface area contributed by atoms with E-state index in [0.29, 0.717) is 32.8 Å². The summed E-state index contributed by atoms with van der Waals surface area (Å²) in [7, 11) is 0. The predicted octanol–water partition coefficient (Wildman–Crippen LogP) is 7.84. The number of allylic oxidation sites excluding steroid dienone is 2. The Balaban J connectivity index is 0.837. The van der Waals surface area contributed by atoms with E-state index >= 15 is 0 Å². The van der Waals surface area contributed by atoms with Crippen molar-refractivity contribution in [2.75, 3.05) is 37.1 Å². The summed E-state index contributed by atoms with van der Waals surface area (Å²) in [6.07, 6.45) is 5.81. The molecule has 0 fully saturated rings. The van der Waals surface area contributed by atoms with E-state index < -0.39 is 0 Å². The van der Waals surface area contributed by atoms with E-state index in [1.165, 1.54) is 40.7 Å². The molecule has 8 rings (SSSR count). The summed E-state index contributed by atoms with van der Waals surface area (Å²) in [5.41, 5.74) is 8.38. The van der Waals surface area contributed by atoms with Gasteiger partial charge in [0.05, 0.1) is 5.76 Å². The zero-order valence-electron chi connectivity index (χ0n) is 27.7. The van der Waals surface area contributed by atoms with Crippen LogP contribution in [0.25, 0.3) is 0 Å². The van der Waals surface area contributed by atoms with Crippen molar-refractivity contribution in [2.24, 2.45) is 5.92 Å². The first-order valence-electron chi connectivity index (χ1n) is 17.2. The Hall–Kier alpha value is -4.66. The van der Waals surface area contributed by atoms with Crippen LogP contribution in [0.4, 0.5) is 11.4 Å². The van der Waals surface area contributed by atoms with Crippen LogP contribution in [0.15, 0.2) is 96.8 Å². The van der Waals surface area contributed by atoms with Crippen LogP contribution in [0.2, 0.25) is 0 Å². The maximum absolute atomic E-state index is 6.16. The minimum absolute atomic E-state index is 0.479. The van der Waals surface area contributed by atoms with Gasteiger partial charge in [-0.1, -0.05) is 49.4 Å². The smallest absolute Gasteiger partial charge is 0.161 e. The zero-order valence-corrected chi connectivity index (χ0v) is 27.7. The van der Waals surface area contributed by atoms with Gasteiger partial charge in [-0.2, -0.15) is 0 Å². The van der Waals surface area contributed by atoms with Crippen LogP contribution >= 0.6 is 0 Å². The molecule has 1 N–H and O–H groups in total. The van der Waals surface area contributed by atoms with E-state index in [-0.39, 0.29) is 0 Å². The molecule has 3 aliphatic heterocycles. The van der Waals surface area contributed by atoms with Crippen LogP contribution < -0.4 is 24.4 Å². The second-order valence-electron chi connectivity index (χ2n) is 13.4. The van der Waals surface area contributed by atoms with Gasteiger partial charge >= 0.3 is 0 Å². The first-order chi connectivity index (χ1) is 23.6. The van der Waals surface area contributed by atoms with Gasteiger partial charge < -0.3 is 29.2 Å². The maximum atomic E-state index is 6.16. The molecular formula is C40H44N4O4. The molecular weight excluding hydrogens is 600 g/mol. The number of fused-ring (bicyclic) bond motifs is 3. The number of hydrogen-bond donors (Lipinski definition) is 1. The van der Waals surface area contributed by atoms with Crippen LogP contribution in [-0.4, -0.2) is 36.7 Å². The monoisotopic (exact) mass is 644 g/mol. The first kappa shape index (κ1) is 30.7. The van der Waals surface area contributed by atoms with E-state index in [2.05, 4.69) is 106 Å². The van der Waals surface area contributed by atoms with Gasteiger partial charge in [0.2, 0.25) is 0 Å². The molecule has 1 unspecified atom stereocenters. The number of anilines is 2. The van der Waals surface area contributed by atoms with Gasteiger partial charge in [-0.25, -0.2) is 0 Å². The molecule has 0 aromatic heterocycles. The van der Waals surface area contributed by atoms with Crippen LogP contribution in [0.5, 0.6) is 17.2 Å². The summed E-state index contributed by atoms with van der Waals surface area (Å²) >= 11 is 0. The average Bonchev–Trinajstić information content (AvgIpc) is 3.12. The van der Waals surface area contributed by atoms with Crippen molar-refractivity contribution in [1.82, 2.24) is 9.80 Å². The second-order valence-corrected chi connectivity index (χ2v) is 13.4. The molecule has 0 radical (unpaired) electrons. The Morgan fingerprint density at radius 2 is 1.38 bits per heavy atom. The molecule has 0 amide bonds. The average molecular weight is 645 g/mol. The lowest BCUT2D eigenvalue weighted by Gasteiger charge is -2.33. The van der Waals surface area contributed by atoms with E-state index in [0.717, 1.165) is 73.5 Å². The van der Waals surface area contributed by atoms with Gasteiger partial charge in [0, 0.05) is 66.7 Å². The van der Waals surface area contributed by atoms with E-state index in [1.54, 1.807) is 0 Å². The molecule has 4 aliphatic rings. The Morgan fingerprint density at radius 1 is 0.708 bits per heavy atom. The third kappa shape index (κ3) is 6.96. The fourth-order valence-electron chi connectivity index (χ4n) is 7.10. The Bertz CT molecular complexity index is 1770. The summed E-state index contributed by atoms with van der Waals surface area (Å²) < 4.78 is 24.3. The van der Waals surface area contributed by atoms with Gasteiger partial charge in [-0.3, -0.25) is 9.80 Å². The van der Waals surface area contributed by atoms with Crippen LogP contribution in [-0.2, 0) is 37.5 Å². The van der Waals surface area contributed by atoms with Crippen molar-refractivity contribution in [2.45, 2.75) is 58.9 Å². The molecule has 3 heterocycles. The SMILES string of the molecule is CC1CCCC=C1OCNc1ccc2c(c1)CN(Cc1ccc(CN3COc4ccc(N5COc6ccccc6C5)cc4C3)cc1)CO2. The van der Waals surface area contributed by atoms with Gasteiger partial charge in [-0.15, -0.1) is 0 Å². The van der Waals surface area contributed by atoms with E-state index in [9.17, 15) is 0 Å². The van der Waals surface area contributed by atoms with Gasteiger partial charge in [0.15, 0.2) is 13.5 Å². The molecule has 0 saturated carbocycles.